The molecule has 0 saturated heterocycles. The Labute approximate surface area is 180 Å². The van der Waals surface area contributed by atoms with Crippen molar-refractivity contribution >= 4 is 44.8 Å². The van der Waals surface area contributed by atoms with Gasteiger partial charge in [0.2, 0.25) is 0 Å². The number of hydrogen-bond donors (Lipinski definition) is 1. The predicted octanol–water partition coefficient (Wildman–Crippen LogP) is 3.42. The highest BCUT2D eigenvalue weighted by Crippen LogP contribution is 2.37. The van der Waals surface area contributed by atoms with Crippen LogP contribution >= 0.6 is 34.5 Å². The average Bonchev–Trinajstić information content (AvgIpc) is 3.01. The first-order valence-electron chi connectivity index (χ1n) is 9.18. The van der Waals surface area contributed by atoms with E-state index in [-0.39, 0.29) is 25.3 Å². The number of hydrogen-bond acceptors (Lipinski definition) is 5. The Kier molecular flexibility index (Phi) is 5.38. The van der Waals surface area contributed by atoms with Crippen LogP contribution in [0.4, 0.5) is 0 Å². The van der Waals surface area contributed by atoms with Gasteiger partial charge in [0.15, 0.2) is 0 Å². The fourth-order valence-corrected chi connectivity index (χ4v) is 5.34. The summed E-state index contributed by atoms with van der Waals surface area (Å²) < 4.78 is 8.55. The van der Waals surface area contributed by atoms with Crippen LogP contribution in [0.2, 0.25) is 10.0 Å². The Morgan fingerprint density at radius 2 is 2.00 bits per heavy atom. The Morgan fingerprint density at radius 1 is 1.24 bits per heavy atom. The molecule has 1 N–H and O–H groups in total. The van der Waals surface area contributed by atoms with Gasteiger partial charge in [0.25, 0.3) is 5.56 Å². The molecular weight excluding hydrogens is 435 g/mol. The van der Waals surface area contributed by atoms with Crippen LogP contribution in [0.5, 0.6) is 0 Å². The third kappa shape index (κ3) is 3.66. The van der Waals surface area contributed by atoms with E-state index < -0.39 is 11.3 Å². The summed E-state index contributed by atoms with van der Waals surface area (Å²) in [6, 6.07) is 5.11. The largest absolute Gasteiger partial charge is 0.395 e. The molecule has 0 unspecified atom stereocenters. The van der Waals surface area contributed by atoms with Gasteiger partial charge >= 0.3 is 5.69 Å². The molecule has 0 bridgehead atoms. The molecule has 0 radical (unpaired) electrons. The zero-order valence-corrected chi connectivity index (χ0v) is 18.3. The van der Waals surface area contributed by atoms with Crippen LogP contribution in [0.15, 0.2) is 27.8 Å². The Hall–Kier alpha value is -1.64. The summed E-state index contributed by atoms with van der Waals surface area (Å²) in [5, 5.41) is 10.9. The lowest BCUT2D eigenvalue weighted by atomic mass is 9.94. The van der Waals surface area contributed by atoms with Crippen LogP contribution in [-0.2, 0) is 30.9 Å². The van der Waals surface area contributed by atoms with Gasteiger partial charge in [-0.2, -0.15) is 0 Å². The lowest BCUT2D eigenvalue weighted by molar-refractivity contribution is -0.0379. The summed E-state index contributed by atoms with van der Waals surface area (Å²) in [5.74, 6) is 0. The van der Waals surface area contributed by atoms with Crippen molar-refractivity contribution in [3.8, 4) is 0 Å². The molecule has 154 valence electrons. The Bertz CT molecular complexity index is 1230. The second-order valence-electron chi connectivity index (χ2n) is 7.69. The second-order valence-corrected chi connectivity index (χ2v) is 9.62. The third-order valence-corrected chi connectivity index (χ3v) is 6.92. The maximum atomic E-state index is 13.2. The van der Waals surface area contributed by atoms with Crippen LogP contribution in [0.1, 0.15) is 29.9 Å². The molecule has 2 aromatic heterocycles. The van der Waals surface area contributed by atoms with Crippen molar-refractivity contribution < 1.29 is 9.84 Å². The van der Waals surface area contributed by atoms with E-state index in [1.807, 2.05) is 13.8 Å². The molecule has 0 aliphatic carbocycles. The van der Waals surface area contributed by atoms with Crippen LogP contribution in [0.25, 0.3) is 10.2 Å². The number of benzene rings is 1. The number of ether oxygens (including phenoxy) is 1. The highest BCUT2D eigenvalue weighted by molar-refractivity contribution is 7.18. The monoisotopic (exact) mass is 454 g/mol. The minimum absolute atomic E-state index is 0.0630. The molecule has 0 amide bonds. The predicted molar refractivity (Wildman–Crippen MR) is 116 cm³/mol. The number of rotatable bonds is 4. The van der Waals surface area contributed by atoms with Crippen molar-refractivity contribution in [3.05, 3.63) is 65.1 Å². The molecule has 0 spiro atoms. The number of fused-ring (bicyclic) bond motifs is 3. The van der Waals surface area contributed by atoms with Crippen molar-refractivity contribution in [1.29, 1.82) is 0 Å². The molecule has 6 nitrogen and oxygen atoms in total. The highest BCUT2D eigenvalue weighted by atomic mass is 35.5. The number of aliphatic hydroxyl groups excluding tert-OH is 1. The molecule has 1 aliphatic heterocycles. The van der Waals surface area contributed by atoms with E-state index in [1.54, 1.807) is 22.8 Å². The number of aliphatic hydroxyl groups is 1. The third-order valence-electron chi connectivity index (χ3n) is 5.10. The van der Waals surface area contributed by atoms with Crippen LogP contribution in [0, 0.1) is 0 Å². The molecule has 1 aromatic carbocycles. The molecule has 4 rings (SSSR count). The fraction of sp³-hybridized carbons (Fsp3) is 0.400. The number of nitrogens with zero attached hydrogens (tertiary/aromatic N) is 2. The minimum Gasteiger partial charge on any atom is -0.395 e. The number of aromatic nitrogens is 2. The van der Waals surface area contributed by atoms with Gasteiger partial charge in [-0.25, -0.2) is 4.79 Å². The van der Waals surface area contributed by atoms with Crippen molar-refractivity contribution in [2.45, 2.75) is 45.6 Å². The summed E-state index contributed by atoms with van der Waals surface area (Å²) in [5.41, 5.74) is 0.412. The van der Waals surface area contributed by atoms with Crippen molar-refractivity contribution in [2.75, 3.05) is 6.61 Å². The second kappa shape index (κ2) is 7.56. The Morgan fingerprint density at radius 3 is 2.69 bits per heavy atom. The van der Waals surface area contributed by atoms with Gasteiger partial charge in [0.05, 0.1) is 37.3 Å². The van der Waals surface area contributed by atoms with E-state index in [9.17, 15) is 14.7 Å². The van der Waals surface area contributed by atoms with Gasteiger partial charge < -0.3 is 9.84 Å². The normalized spacial score (nSPS) is 15.6. The molecule has 1 aliphatic rings. The van der Waals surface area contributed by atoms with Gasteiger partial charge in [-0.15, -0.1) is 11.3 Å². The summed E-state index contributed by atoms with van der Waals surface area (Å²) >= 11 is 13.7. The van der Waals surface area contributed by atoms with E-state index in [1.165, 1.54) is 11.3 Å². The zero-order chi connectivity index (χ0) is 20.9. The standard InChI is InChI=1S/C20H20Cl2N2O4S/c1-20(2)8-13-15(10-28-20)29-18-16(13)17(26)23(5-6-25)19(27)24(18)9-11-3-4-12(21)7-14(11)22/h3-4,7,25H,5-6,8-10H2,1-2H3. The SMILES string of the molecule is CC1(C)Cc2c(sc3c2c(=O)n(CCO)c(=O)n3Cc2ccc(Cl)cc2Cl)CO1. The van der Waals surface area contributed by atoms with E-state index in [0.717, 1.165) is 20.6 Å². The van der Waals surface area contributed by atoms with Crippen molar-refractivity contribution in [2.24, 2.45) is 0 Å². The van der Waals surface area contributed by atoms with Gasteiger partial charge in [-0.05, 0) is 37.1 Å². The smallest absolute Gasteiger partial charge is 0.332 e. The first-order chi connectivity index (χ1) is 13.7. The van der Waals surface area contributed by atoms with Gasteiger partial charge in [-0.1, -0.05) is 29.3 Å². The summed E-state index contributed by atoms with van der Waals surface area (Å²) in [6.07, 6.45) is 0.580. The van der Waals surface area contributed by atoms with Crippen molar-refractivity contribution in [1.82, 2.24) is 9.13 Å². The first-order valence-corrected chi connectivity index (χ1v) is 10.8. The summed E-state index contributed by atoms with van der Waals surface area (Å²) in [4.78, 5) is 27.9. The van der Waals surface area contributed by atoms with Crippen LogP contribution in [0.3, 0.4) is 0 Å². The zero-order valence-electron chi connectivity index (χ0n) is 16.0. The van der Waals surface area contributed by atoms with Crippen molar-refractivity contribution in [3.63, 3.8) is 0 Å². The van der Waals surface area contributed by atoms with E-state index in [0.29, 0.717) is 33.3 Å². The van der Waals surface area contributed by atoms with E-state index in [2.05, 4.69) is 0 Å². The lowest BCUT2D eigenvalue weighted by Crippen LogP contribution is -2.41. The molecule has 29 heavy (non-hydrogen) atoms. The summed E-state index contributed by atoms with van der Waals surface area (Å²) in [7, 11) is 0. The first kappa shape index (κ1) is 20.6. The number of thiophene rings is 1. The molecule has 9 heteroatoms. The maximum Gasteiger partial charge on any atom is 0.332 e. The van der Waals surface area contributed by atoms with Gasteiger partial charge in [0.1, 0.15) is 4.83 Å². The van der Waals surface area contributed by atoms with E-state index >= 15 is 0 Å². The lowest BCUT2D eigenvalue weighted by Gasteiger charge is -2.29. The molecule has 3 heterocycles. The molecule has 0 saturated carbocycles. The highest BCUT2D eigenvalue weighted by Gasteiger charge is 2.32. The fourth-order valence-electron chi connectivity index (χ4n) is 3.66. The average molecular weight is 455 g/mol. The quantitative estimate of drug-likeness (QED) is 0.655. The molecular formula is C20H20Cl2N2O4S. The van der Waals surface area contributed by atoms with Gasteiger partial charge in [-0.3, -0.25) is 13.9 Å². The van der Waals surface area contributed by atoms with Crippen LogP contribution in [-0.4, -0.2) is 26.4 Å². The molecule has 0 fully saturated rings. The van der Waals surface area contributed by atoms with Crippen LogP contribution < -0.4 is 11.2 Å². The Balaban J connectivity index is 1.99. The summed E-state index contributed by atoms with van der Waals surface area (Å²) in [6.45, 7) is 4.19. The topological polar surface area (TPSA) is 73.5 Å². The number of halogens is 2. The minimum atomic E-state index is -0.471. The maximum absolute atomic E-state index is 13.2. The van der Waals surface area contributed by atoms with Gasteiger partial charge in [0, 0.05) is 21.3 Å². The molecule has 3 aromatic rings. The molecule has 0 atom stereocenters. The van der Waals surface area contributed by atoms with E-state index in [4.69, 9.17) is 27.9 Å².